The van der Waals surface area contributed by atoms with Crippen LogP contribution in [0.3, 0.4) is 0 Å². The van der Waals surface area contributed by atoms with E-state index in [0.717, 1.165) is 25.7 Å². The summed E-state index contributed by atoms with van der Waals surface area (Å²) in [5.74, 6) is -1.28. The Bertz CT molecular complexity index is 367. The van der Waals surface area contributed by atoms with Crippen LogP contribution >= 0.6 is 0 Å². The van der Waals surface area contributed by atoms with Gasteiger partial charge < -0.3 is 20.2 Å². The van der Waals surface area contributed by atoms with Crippen LogP contribution in [0.2, 0.25) is 0 Å². The molecule has 1 rings (SSSR count). The second-order valence-electron chi connectivity index (χ2n) is 5.05. The van der Waals surface area contributed by atoms with Crippen molar-refractivity contribution in [1.82, 2.24) is 15.1 Å². The van der Waals surface area contributed by atoms with Crippen LogP contribution in [0.4, 0.5) is 4.79 Å². The molecule has 20 heavy (non-hydrogen) atoms. The molecule has 0 spiro atoms. The highest BCUT2D eigenvalue weighted by Gasteiger charge is 2.30. The fraction of sp³-hybridized carbons (Fsp3) is 0.769. The number of likely N-dealkylation sites (N-methyl/N-ethyl adjacent to an activating group) is 2. The van der Waals surface area contributed by atoms with E-state index in [0.29, 0.717) is 6.54 Å². The summed E-state index contributed by atoms with van der Waals surface area (Å²) in [4.78, 5) is 37.4. The molecular formula is C13H23N3O4. The van der Waals surface area contributed by atoms with Crippen molar-refractivity contribution in [2.75, 3.05) is 26.7 Å². The van der Waals surface area contributed by atoms with Crippen LogP contribution in [-0.4, -0.2) is 65.5 Å². The zero-order chi connectivity index (χ0) is 15.1. The first kappa shape index (κ1) is 16.3. The standard InChI is InChI=1S/C13H23N3O4/c1-3-14-11(17)8-15(2)13(20)16(9-12(18)19)10-6-4-5-7-10/h10H,3-9H2,1-2H3,(H,14,17)(H,18,19). The van der Waals surface area contributed by atoms with E-state index in [-0.39, 0.29) is 25.0 Å². The Kier molecular flexibility index (Phi) is 6.27. The molecule has 1 saturated carbocycles. The number of hydrogen-bond donors (Lipinski definition) is 2. The minimum atomic E-state index is -1.03. The number of carbonyl (C=O) groups is 3. The molecule has 3 amide bonds. The maximum absolute atomic E-state index is 12.3. The van der Waals surface area contributed by atoms with Gasteiger partial charge in [-0.15, -0.1) is 0 Å². The monoisotopic (exact) mass is 285 g/mol. The normalized spacial score (nSPS) is 14.9. The molecule has 2 N–H and O–H groups in total. The first-order valence-corrected chi connectivity index (χ1v) is 6.96. The molecule has 0 aliphatic heterocycles. The third-order valence-electron chi connectivity index (χ3n) is 3.40. The fourth-order valence-corrected chi connectivity index (χ4v) is 2.47. The van der Waals surface area contributed by atoms with Gasteiger partial charge in [0.05, 0.1) is 0 Å². The smallest absolute Gasteiger partial charge is 0.323 e. The van der Waals surface area contributed by atoms with Crippen LogP contribution in [0, 0.1) is 0 Å². The summed E-state index contributed by atoms with van der Waals surface area (Å²) in [6.45, 7) is 1.93. The Morgan fingerprint density at radius 2 is 1.80 bits per heavy atom. The number of amides is 3. The van der Waals surface area contributed by atoms with E-state index >= 15 is 0 Å². The second kappa shape index (κ2) is 7.72. The van der Waals surface area contributed by atoms with Gasteiger partial charge in [0.2, 0.25) is 5.91 Å². The minimum absolute atomic E-state index is 0.0321. The summed E-state index contributed by atoms with van der Waals surface area (Å²) in [6, 6.07) is -0.430. The summed E-state index contributed by atoms with van der Waals surface area (Å²) >= 11 is 0. The van der Waals surface area contributed by atoms with Crippen LogP contribution in [0.15, 0.2) is 0 Å². The van der Waals surface area contributed by atoms with Crippen molar-refractivity contribution in [3.8, 4) is 0 Å². The van der Waals surface area contributed by atoms with Crippen molar-refractivity contribution in [2.45, 2.75) is 38.6 Å². The molecule has 0 unspecified atom stereocenters. The molecule has 1 aliphatic rings. The Hall–Kier alpha value is -1.79. The van der Waals surface area contributed by atoms with E-state index < -0.39 is 12.0 Å². The largest absolute Gasteiger partial charge is 0.480 e. The van der Waals surface area contributed by atoms with Crippen LogP contribution in [0.25, 0.3) is 0 Å². The maximum atomic E-state index is 12.3. The molecule has 0 saturated heterocycles. The molecule has 1 fully saturated rings. The molecule has 7 heteroatoms. The predicted octanol–water partition coefficient (Wildman–Crippen LogP) is 0.504. The Balaban J connectivity index is 2.66. The van der Waals surface area contributed by atoms with Crippen molar-refractivity contribution in [3.05, 3.63) is 0 Å². The SMILES string of the molecule is CCNC(=O)CN(C)C(=O)N(CC(=O)O)C1CCCC1. The first-order chi connectivity index (χ1) is 9.45. The summed E-state index contributed by atoms with van der Waals surface area (Å²) in [7, 11) is 1.52. The molecule has 1 aliphatic carbocycles. The molecule has 0 aromatic heterocycles. The van der Waals surface area contributed by atoms with Gasteiger partial charge in [0, 0.05) is 19.6 Å². The van der Waals surface area contributed by atoms with Crippen molar-refractivity contribution >= 4 is 17.9 Å². The number of nitrogens with one attached hydrogen (secondary N) is 1. The lowest BCUT2D eigenvalue weighted by atomic mass is 10.2. The molecule has 0 aromatic rings. The van der Waals surface area contributed by atoms with Crippen LogP contribution < -0.4 is 5.32 Å². The van der Waals surface area contributed by atoms with Gasteiger partial charge in [0.1, 0.15) is 13.1 Å². The van der Waals surface area contributed by atoms with Gasteiger partial charge in [0.15, 0.2) is 0 Å². The second-order valence-corrected chi connectivity index (χ2v) is 5.05. The van der Waals surface area contributed by atoms with Gasteiger partial charge in [-0.1, -0.05) is 12.8 Å². The summed E-state index contributed by atoms with van der Waals surface area (Å²) < 4.78 is 0. The summed E-state index contributed by atoms with van der Waals surface area (Å²) in [5, 5.41) is 11.6. The van der Waals surface area contributed by atoms with Gasteiger partial charge in [-0.05, 0) is 19.8 Å². The van der Waals surface area contributed by atoms with E-state index in [9.17, 15) is 14.4 Å². The van der Waals surface area contributed by atoms with Crippen molar-refractivity contribution in [2.24, 2.45) is 0 Å². The number of aliphatic carboxylic acids is 1. The predicted molar refractivity (Wildman–Crippen MR) is 73.3 cm³/mol. The number of urea groups is 1. The molecule has 7 nitrogen and oxygen atoms in total. The molecule has 0 bridgehead atoms. The number of carboxylic acid groups (broad SMARTS) is 1. The summed E-state index contributed by atoms with van der Waals surface area (Å²) in [5.41, 5.74) is 0. The Labute approximate surface area is 118 Å². The zero-order valence-electron chi connectivity index (χ0n) is 12.1. The van der Waals surface area contributed by atoms with Gasteiger partial charge in [0.25, 0.3) is 0 Å². The van der Waals surface area contributed by atoms with Gasteiger partial charge in [-0.3, -0.25) is 9.59 Å². The highest BCUT2D eigenvalue weighted by atomic mass is 16.4. The van der Waals surface area contributed by atoms with Crippen molar-refractivity contribution in [1.29, 1.82) is 0 Å². The highest BCUT2D eigenvalue weighted by molar-refractivity contribution is 5.85. The number of carbonyl (C=O) groups excluding carboxylic acids is 2. The third kappa shape index (κ3) is 4.71. The zero-order valence-corrected chi connectivity index (χ0v) is 12.1. The number of carboxylic acids is 1. The first-order valence-electron chi connectivity index (χ1n) is 6.96. The topological polar surface area (TPSA) is 90.0 Å². The van der Waals surface area contributed by atoms with Gasteiger partial charge in [-0.2, -0.15) is 0 Å². The number of hydrogen-bond acceptors (Lipinski definition) is 3. The maximum Gasteiger partial charge on any atom is 0.323 e. The number of rotatable bonds is 6. The van der Waals surface area contributed by atoms with Crippen molar-refractivity contribution < 1.29 is 19.5 Å². The van der Waals surface area contributed by atoms with E-state index in [1.807, 2.05) is 0 Å². The molecular weight excluding hydrogens is 262 g/mol. The molecule has 0 atom stereocenters. The highest BCUT2D eigenvalue weighted by Crippen LogP contribution is 2.24. The van der Waals surface area contributed by atoms with Gasteiger partial charge in [-0.25, -0.2) is 4.79 Å². The fourth-order valence-electron chi connectivity index (χ4n) is 2.47. The van der Waals surface area contributed by atoms with E-state index in [1.165, 1.54) is 16.8 Å². The lowest BCUT2D eigenvalue weighted by Gasteiger charge is -2.31. The van der Waals surface area contributed by atoms with Gasteiger partial charge >= 0.3 is 12.0 Å². The van der Waals surface area contributed by atoms with E-state index in [1.54, 1.807) is 6.92 Å². The molecule has 114 valence electrons. The third-order valence-corrected chi connectivity index (χ3v) is 3.40. The lowest BCUT2D eigenvalue weighted by Crippen LogP contribution is -2.50. The van der Waals surface area contributed by atoms with E-state index in [2.05, 4.69) is 5.32 Å². The average Bonchev–Trinajstić information content (AvgIpc) is 2.88. The van der Waals surface area contributed by atoms with Crippen molar-refractivity contribution in [3.63, 3.8) is 0 Å². The minimum Gasteiger partial charge on any atom is -0.480 e. The van der Waals surface area contributed by atoms with Crippen LogP contribution in [0.5, 0.6) is 0 Å². The van der Waals surface area contributed by atoms with Crippen LogP contribution in [0.1, 0.15) is 32.6 Å². The quantitative estimate of drug-likeness (QED) is 0.743. The Morgan fingerprint density at radius 3 is 2.30 bits per heavy atom. The van der Waals surface area contributed by atoms with E-state index in [4.69, 9.17) is 5.11 Å². The average molecular weight is 285 g/mol. The van der Waals surface area contributed by atoms with Crippen LogP contribution in [-0.2, 0) is 9.59 Å². The summed E-state index contributed by atoms with van der Waals surface area (Å²) in [6.07, 6.45) is 3.67. The molecule has 0 aromatic carbocycles. The number of nitrogens with zero attached hydrogens (tertiary/aromatic N) is 2. The molecule has 0 heterocycles. The molecule has 0 radical (unpaired) electrons. The lowest BCUT2D eigenvalue weighted by molar-refractivity contribution is -0.138. The Morgan fingerprint density at radius 1 is 1.20 bits per heavy atom.